The maximum atomic E-state index is 12.3. The predicted molar refractivity (Wildman–Crippen MR) is 66.2 cm³/mol. The summed E-state index contributed by atoms with van der Waals surface area (Å²) in [6.45, 7) is 4.37. The van der Waals surface area contributed by atoms with Gasteiger partial charge in [-0.2, -0.15) is 4.31 Å². The van der Waals surface area contributed by atoms with E-state index in [2.05, 4.69) is 0 Å². The summed E-state index contributed by atoms with van der Waals surface area (Å²) >= 11 is 0. The van der Waals surface area contributed by atoms with Crippen molar-refractivity contribution in [3.8, 4) is 0 Å². The van der Waals surface area contributed by atoms with E-state index in [1.807, 2.05) is 13.8 Å². The summed E-state index contributed by atoms with van der Waals surface area (Å²) in [6.07, 6.45) is 4.15. The molecule has 2 aliphatic rings. The molecular formula is C12H21NO3S. The van der Waals surface area contributed by atoms with Crippen molar-refractivity contribution < 1.29 is 13.2 Å². The summed E-state index contributed by atoms with van der Waals surface area (Å²) in [5.41, 5.74) is -0.359. The van der Waals surface area contributed by atoms with Gasteiger partial charge in [0.15, 0.2) is 5.78 Å². The fourth-order valence-corrected chi connectivity index (χ4v) is 4.60. The number of carbonyl (C=O) groups is 1. The SMILES string of the molecule is CC1(C)CCN(S(=O)(=O)C2CCCC2)CC1=O. The molecule has 1 saturated carbocycles. The largest absolute Gasteiger partial charge is 0.298 e. The molecule has 4 nitrogen and oxygen atoms in total. The van der Waals surface area contributed by atoms with E-state index in [0.29, 0.717) is 13.0 Å². The number of rotatable bonds is 2. The highest BCUT2D eigenvalue weighted by atomic mass is 32.2. The van der Waals surface area contributed by atoms with Gasteiger partial charge in [-0.05, 0) is 19.3 Å². The number of Topliss-reactive ketones (excluding diaryl/α,β-unsaturated/α-hetero) is 1. The molecule has 0 amide bonds. The van der Waals surface area contributed by atoms with Gasteiger partial charge in [-0.3, -0.25) is 4.79 Å². The first-order valence-corrected chi connectivity index (χ1v) is 7.87. The Kier molecular flexibility index (Phi) is 3.34. The second kappa shape index (κ2) is 4.35. The molecule has 1 aliphatic heterocycles. The summed E-state index contributed by atoms with van der Waals surface area (Å²) in [6, 6.07) is 0. The van der Waals surface area contributed by atoms with Gasteiger partial charge in [-0.15, -0.1) is 0 Å². The Morgan fingerprint density at radius 3 is 2.35 bits per heavy atom. The molecule has 0 unspecified atom stereocenters. The molecule has 0 N–H and O–H groups in total. The maximum absolute atomic E-state index is 12.3. The molecule has 0 aromatic heterocycles. The van der Waals surface area contributed by atoms with Crippen LogP contribution in [0, 0.1) is 5.41 Å². The highest BCUT2D eigenvalue weighted by molar-refractivity contribution is 7.89. The van der Waals surface area contributed by atoms with Crippen molar-refractivity contribution in [3.05, 3.63) is 0 Å². The molecule has 0 radical (unpaired) electrons. The average Bonchev–Trinajstić information content (AvgIpc) is 2.75. The topological polar surface area (TPSA) is 54.5 Å². The molecule has 0 atom stereocenters. The van der Waals surface area contributed by atoms with E-state index in [9.17, 15) is 13.2 Å². The standard InChI is InChI=1S/C12H21NO3S/c1-12(2)7-8-13(9-11(12)14)17(15,16)10-5-3-4-6-10/h10H,3-9H2,1-2H3. The summed E-state index contributed by atoms with van der Waals surface area (Å²) in [4.78, 5) is 11.9. The van der Waals surface area contributed by atoms with Crippen LogP contribution in [0.5, 0.6) is 0 Å². The van der Waals surface area contributed by atoms with Crippen LogP contribution in [0.2, 0.25) is 0 Å². The van der Waals surface area contributed by atoms with E-state index in [1.54, 1.807) is 0 Å². The van der Waals surface area contributed by atoms with Crippen molar-refractivity contribution in [3.63, 3.8) is 0 Å². The molecule has 5 heteroatoms. The van der Waals surface area contributed by atoms with Crippen LogP contribution in [-0.4, -0.2) is 36.8 Å². The van der Waals surface area contributed by atoms with Crippen molar-refractivity contribution >= 4 is 15.8 Å². The molecule has 2 rings (SSSR count). The lowest BCUT2D eigenvalue weighted by molar-refractivity contribution is -0.130. The Hall–Kier alpha value is -0.420. The Bertz CT molecular complexity index is 407. The van der Waals surface area contributed by atoms with Crippen LogP contribution in [0.25, 0.3) is 0 Å². The lowest BCUT2D eigenvalue weighted by Crippen LogP contribution is -2.49. The highest BCUT2D eigenvalue weighted by Gasteiger charge is 2.41. The normalized spacial score (nSPS) is 27.5. The second-order valence-corrected chi connectivity index (χ2v) is 8.06. The molecule has 0 aromatic rings. The lowest BCUT2D eigenvalue weighted by atomic mass is 9.82. The third-order valence-corrected chi connectivity index (χ3v) is 6.49. The molecule has 98 valence electrons. The number of piperidine rings is 1. The van der Waals surface area contributed by atoms with Crippen LogP contribution in [0.15, 0.2) is 0 Å². The van der Waals surface area contributed by atoms with Crippen molar-refractivity contribution in [2.45, 2.75) is 51.2 Å². The van der Waals surface area contributed by atoms with Crippen molar-refractivity contribution in [2.24, 2.45) is 5.41 Å². The summed E-state index contributed by atoms with van der Waals surface area (Å²) in [5.74, 6) is 0.0466. The second-order valence-electron chi connectivity index (χ2n) is 5.84. The van der Waals surface area contributed by atoms with Gasteiger partial charge in [-0.25, -0.2) is 8.42 Å². The minimum Gasteiger partial charge on any atom is -0.298 e. The van der Waals surface area contributed by atoms with Gasteiger partial charge in [0, 0.05) is 12.0 Å². The molecule has 1 aliphatic carbocycles. The van der Waals surface area contributed by atoms with Crippen molar-refractivity contribution in [1.29, 1.82) is 0 Å². The van der Waals surface area contributed by atoms with E-state index in [4.69, 9.17) is 0 Å². The number of hydrogen-bond acceptors (Lipinski definition) is 3. The molecule has 1 heterocycles. The number of nitrogens with zero attached hydrogens (tertiary/aromatic N) is 1. The van der Waals surface area contributed by atoms with Crippen molar-refractivity contribution in [1.82, 2.24) is 4.31 Å². The van der Waals surface area contributed by atoms with Gasteiger partial charge in [0.25, 0.3) is 0 Å². The first-order chi connectivity index (χ1) is 7.84. The van der Waals surface area contributed by atoms with Crippen LogP contribution >= 0.6 is 0 Å². The van der Waals surface area contributed by atoms with Crippen LogP contribution in [-0.2, 0) is 14.8 Å². The van der Waals surface area contributed by atoms with Crippen molar-refractivity contribution in [2.75, 3.05) is 13.1 Å². The smallest absolute Gasteiger partial charge is 0.217 e. The zero-order valence-electron chi connectivity index (χ0n) is 10.6. The number of hydrogen-bond donors (Lipinski definition) is 0. The summed E-state index contributed by atoms with van der Waals surface area (Å²) in [5, 5.41) is -0.239. The lowest BCUT2D eigenvalue weighted by Gasteiger charge is -2.35. The van der Waals surface area contributed by atoms with E-state index in [0.717, 1.165) is 25.7 Å². The van der Waals surface area contributed by atoms with Crippen LogP contribution < -0.4 is 0 Å². The van der Waals surface area contributed by atoms with E-state index >= 15 is 0 Å². The van der Waals surface area contributed by atoms with Gasteiger partial charge < -0.3 is 0 Å². The maximum Gasteiger partial charge on any atom is 0.217 e. The highest BCUT2D eigenvalue weighted by Crippen LogP contribution is 2.32. The Morgan fingerprint density at radius 1 is 1.24 bits per heavy atom. The third kappa shape index (κ3) is 2.40. The third-order valence-electron chi connectivity index (χ3n) is 4.14. The number of sulfonamides is 1. The fraction of sp³-hybridized carbons (Fsp3) is 0.917. The Balaban J connectivity index is 2.11. The summed E-state index contributed by atoms with van der Waals surface area (Å²) in [7, 11) is -3.23. The van der Waals surface area contributed by atoms with Gasteiger partial charge in [0.1, 0.15) is 0 Å². The van der Waals surface area contributed by atoms with Gasteiger partial charge >= 0.3 is 0 Å². The van der Waals surface area contributed by atoms with E-state index < -0.39 is 10.0 Å². The molecule has 0 spiro atoms. The van der Waals surface area contributed by atoms with E-state index in [-0.39, 0.29) is 23.0 Å². The molecule has 1 saturated heterocycles. The molecule has 17 heavy (non-hydrogen) atoms. The monoisotopic (exact) mass is 259 g/mol. The zero-order chi connectivity index (χ0) is 12.7. The average molecular weight is 259 g/mol. The number of ketones is 1. The molecule has 0 aromatic carbocycles. The molecule has 2 fully saturated rings. The predicted octanol–water partition coefficient (Wildman–Crippen LogP) is 1.56. The summed E-state index contributed by atoms with van der Waals surface area (Å²) < 4.78 is 26.0. The van der Waals surface area contributed by atoms with Gasteiger partial charge in [-0.1, -0.05) is 26.7 Å². The molecule has 0 bridgehead atoms. The first kappa shape index (κ1) is 13.0. The van der Waals surface area contributed by atoms with Crippen LogP contribution in [0.3, 0.4) is 0 Å². The van der Waals surface area contributed by atoms with Crippen LogP contribution in [0.1, 0.15) is 46.0 Å². The van der Waals surface area contributed by atoms with E-state index in [1.165, 1.54) is 4.31 Å². The first-order valence-electron chi connectivity index (χ1n) is 6.36. The zero-order valence-corrected chi connectivity index (χ0v) is 11.4. The Labute approximate surface area is 103 Å². The quantitative estimate of drug-likeness (QED) is 0.756. The van der Waals surface area contributed by atoms with Gasteiger partial charge in [0.2, 0.25) is 10.0 Å². The Morgan fingerprint density at radius 2 is 1.82 bits per heavy atom. The molecular weight excluding hydrogens is 238 g/mol. The fourth-order valence-electron chi connectivity index (χ4n) is 2.61. The minimum atomic E-state index is -3.23. The van der Waals surface area contributed by atoms with Crippen LogP contribution in [0.4, 0.5) is 0 Å². The van der Waals surface area contributed by atoms with Gasteiger partial charge in [0.05, 0.1) is 11.8 Å². The number of carbonyl (C=O) groups excluding carboxylic acids is 1. The minimum absolute atomic E-state index is 0.0466.